The molecule has 0 aromatic carbocycles. The summed E-state index contributed by atoms with van der Waals surface area (Å²) < 4.78 is 0. The molecule has 1 saturated carbocycles. The molecule has 0 nitrogen and oxygen atoms in total. The van der Waals surface area contributed by atoms with Gasteiger partial charge in [-0.15, -0.1) is 0 Å². The van der Waals surface area contributed by atoms with Crippen LogP contribution in [0.15, 0.2) is 0 Å². The van der Waals surface area contributed by atoms with E-state index in [-0.39, 0.29) is 0 Å². The van der Waals surface area contributed by atoms with Gasteiger partial charge in [0, 0.05) is 0 Å². The van der Waals surface area contributed by atoms with Gasteiger partial charge in [0.2, 0.25) is 0 Å². The van der Waals surface area contributed by atoms with Crippen LogP contribution in [0.25, 0.3) is 0 Å². The van der Waals surface area contributed by atoms with Crippen LogP contribution >= 0.6 is 0 Å². The van der Waals surface area contributed by atoms with Gasteiger partial charge in [0.25, 0.3) is 0 Å². The van der Waals surface area contributed by atoms with Crippen LogP contribution in [0.4, 0.5) is 0 Å². The summed E-state index contributed by atoms with van der Waals surface area (Å²) in [6.07, 6.45) is 5.86. The predicted molar refractivity (Wildman–Crippen MR) is 50.6 cm³/mol. The minimum atomic E-state index is 0.545. The summed E-state index contributed by atoms with van der Waals surface area (Å²) in [5.41, 5.74) is 0.545. The van der Waals surface area contributed by atoms with Crippen LogP contribution in [0, 0.1) is 17.3 Å². The summed E-state index contributed by atoms with van der Waals surface area (Å²) >= 11 is 0. The second kappa shape index (κ2) is 3.16. The number of rotatable bonds is 1. The molecule has 1 rings (SSSR count). The van der Waals surface area contributed by atoms with Crippen LogP contribution in [0.2, 0.25) is 0 Å². The van der Waals surface area contributed by atoms with Crippen LogP contribution in [0.5, 0.6) is 0 Å². The molecule has 1 aliphatic rings. The highest BCUT2D eigenvalue weighted by molar-refractivity contribution is 4.78. The van der Waals surface area contributed by atoms with Gasteiger partial charge in [-0.3, -0.25) is 0 Å². The summed E-state index contributed by atoms with van der Waals surface area (Å²) in [6, 6.07) is 0. The van der Waals surface area contributed by atoms with E-state index in [0.29, 0.717) is 5.41 Å². The van der Waals surface area contributed by atoms with Gasteiger partial charge in [0.1, 0.15) is 0 Å². The van der Waals surface area contributed by atoms with E-state index >= 15 is 0 Å². The second-order valence-electron chi connectivity index (χ2n) is 5.43. The lowest BCUT2D eigenvalue weighted by Gasteiger charge is -2.25. The van der Waals surface area contributed by atoms with Gasteiger partial charge < -0.3 is 0 Å². The lowest BCUT2D eigenvalue weighted by molar-refractivity contribution is 0.258. The quantitative estimate of drug-likeness (QED) is 0.538. The molecular weight excluding hydrogens is 132 g/mol. The standard InChI is InChI=1S/C11H22/c1-9-6-5-7-10(9)8-11(2,3)4/h9-10H,5-8H2,1-4H3/t9-,10-/m1/s1. The van der Waals surface area contributed by atoms with Crippen molar-refractivity contribution in [3.8, 4) is 0 Å². The monoisotopic (exact) mass is 154 g/mol. The third-order valence-electron chi connectivity index (χ3n) is 2.91. The molecule has 0 aromatic rings. The van der Waals surface area contributed by atoms with Crippen LogP contribution in [0.3, 0.4) is 0 Å². The van der Waals surface area contributed by atoms with Gasteiger partial charge in [-0.25, -0.2) is 0 Å². The molecule has 0 aliphatic heterocycles. The molecule has 11 heavy (non-hydrogen) atoms. The fourth-order valence-electron chi connectivity index (χ4n) is 2.31. The molecule has 0 heterocycles. The van der Waals surface area contributed by atoms with Gasteiger partial charge in [0.15, 0.2) is 0 Å². The summed E-state index contributed by atoms with van der Waals surface area (Å²) in [5, 5.41) is 0. The van der Waals surface area contributed by atoms with E-state index in [2.05, 4.69) is 27.7 Å². The van der Waals surface area contributed by atoms with Crippen molar-refractivity contribution in [1.82, 2.24) is 0 Å². The Morgan fingerprint density at radius 3 is 2.18 bits per heavy atom. The highest BCUT2D eigenvalue weighted by Crippen LogP contribution is 2.38. The van der Waals surface area contributed by atoms with Crippen molar-refractivity contribution in [3.05, 3.63) is 0 Å². The maximum absolute atomic E-state index is 2.42. The van der Waals surface area contributed by atoms with E-state index in [1.165, 1.54) is 25.7 Å². The molecule has 66 valence electrons. The summed E-state index contributed by atoms with van der Waals surface area (Å²) in [6.45, 7) is 9.50. The molecule has 1 aliphatic carbocycles. The average molecular weight is 154 g/mol. The number of hydrogen-bond acceptors (Lipinski definition) is 0. The zero-order valence-electron chi connectivity index (χ0n) is 8.48. The molecule has 1 fully saturated rings. The van der Waals surface area contributed by atoms with Crippen LogP contribution < -0.4 is 0 Å². The first kappa shape index (κ1) is 9.09. The topological polar surface area (TPSA) is 0 Å². The van der Waals surface area contributed by atoms with E-state index in [4.69, 9.17) is 0 Å². The van der Waals surface area contributed by atoms with E-state index in [1.54, 1.807) is 0 Å². The first-order valence-corrected chi connectivity index (χ1v) is 4.99. The molecule has 0 amide bonds. The molecular formula is C11H22. The highest BCUT2D eigenvalue weighted by atomic mass is 14.3. The van der Waals surface area contributed by atoms with Crippen LogP contribution in [-0.2, 0) is 0 Å². The van der Waals surface area contributed by atoms with Crippen molar-refractivity contribution >= 4 is 0 Å². The Kier molecular flexibility index (Phi) is 2.61. The third kappa shape index (κ3) is 2.84. The van der Waals surface area contributed by atoms with Crippen LogP contribution in [0.1, 0.15) is 53.4 Å². The van der Waals surface area contributed by atoms with Crippen molar-refractivity contribution in [2.75, 3.05) is 0 Å². The molecule has 0 spiro atoms. The van der Waals surface area contributed by atoms with Crippen LogP contribution in [-0.4, -0.2) is 0 Å². The third-order valence-corrected chi connectivity index (χ3v) is 2.91. The van der Waals surface area contributed by atoms with Gasteiger partial charge in [-0.05, 0) is 23.7 Å². The average Bonchev–Trinajstić information content (AvgIpc) is 2.12. The SMILES string of the molecule is C[C@@H]1CCC[C@@H]1CC(C)(C)C. The molecule has 0 N–H and O–H groups in total. The highest BCUT2D eigenvalue weighted by Gasteiger charge is 2.27. The fourth-order valence-corrected chi connectivity index (χ4v) is 2.31. The van der Waals surface area contributed by atoms with Gasteiger partial charge in [0.05, 0.1) is 0 Å². The molecule has 0 unspecified atom stereocenters. The zero-order chi connectivity index (χ0) is 8.48. The minimum absolute atomic E-state index is 0.545. The maximum Gasteiger partial charge on any atom is -0.0380 e. The summed E-state index contributed by atoms with van der Waals surface area (Å²) in [4.78, 5) is 0. The Morgan fingerprint density at radius 1 is 1.18 bits per heavy atom. The number of hydrogen-bond donors (Lipinski definition) is 0. The minimum Gasteiger partial charge on any atom is -0.0622 e. The Bertz CT molecular complexity index is 118. The lowest BCUT2D eigenvalue weighted by atomic mass is 9.81. The first-order valence-electron chi connectivity index (χ1n) is 4.99. The van der Waals surface area contributed by atoms with Crippen molar-refractivity contribution < 1.29 is 0 Å². The molecule has 0 aromatic heterocycles. The normalized spacial score (nSPS) is 32.7. The smallest absolute Gasteiger partial charge is 0.0380 e. The van der Waals surface area contributed by atoms with Crippen molar-refractivity contribution in [3.63, 3.8) is 0 Å². The second-order valence-corrected chi connectivity index (χ2v) is 5.43. The Balaban J connectivity index is 2.37. The van der Waals surface area contributed by atoms with Gasteiger partial charge in [-0.2, -0.15) is 0 Å². The van der Waals surface area contributed by atoms with Crippen molar-refractivity contribution in [2.45, 2.75) is 53.4 Å². The predicted octanol–water partition coefficient (Wildman–Crippen LogP) is 3.86. The molecule has 2 atom stereocenters. The van der Waals surface area contributed by atoms with Gasteiger partial charge in [-0.1, -0.05) is 47.0 Å². The molecule has 0 heteroatoms. The van der Waals surface area contributed by atoms with E-state index in [1.807, 2.05) is 0 Å². The zero-order valence-corrected chi connectivity index (χ0v) is 8.48. The Hall–Kier alpha value is 0. The maximum atomic E-state index is 2.42. The van der Waals surface area contributed by atoms with E-state index in [9.17, 15) is 0 Å². The Morgan fingerprint density at radius 2 is 1.82 bits per heavy atom. The molecule has 0 saturated heterocycles. The summed E-state index contributed by atoms with van der Waals surface area (Å²) in [7, 11) is 0. The lowest BCUT2D eigenvalue weighted by Crippen LogP contribution is -2.14. The van der Waals surface area contributed by atoms with Gasteiger partial charge >= 0.3 is 0 Å². The largest absolute Gasteiger partial charge is 0.0622 e. The van der Waals surface area contributed by atoms with Crippen molar-refractivity contribution in [2.24, 2.45) is 17.3 Å². The van der Waals surface area contributed by atoms with E-state index < -0.39 is 0 Å². The molecule has 0 radical (unpaired) electrons. The fraction of sp³-hybridized carbons (Fsp3) is 1.00. The Labute approximate surface area is 71.4 Å². The first-order chi connectivity index (χ1) is 4.99. The van der Waals surface area contributed by atoms with Crippen molar-refractivity contribution in [1.29, 1.82) is 0 Å². The summed E-state index contributed by atoms with van der Waals surface area (Å²) in [5.74, 6) is 2.02. The van der Waals surface area contributed by atoms with E-state index in [0.717, 1.165) is 11.8 Å². The molecule has 0 bridgehead atoms.